The van der Waals surface area contributed by atoms with Gasteiger partial charge in [0.2, 0.25) is 12.7 Å². The highest BCUT2D eigenvalue weighted by Gasteiger charge is 2.23. The van der Waals surface area contributed by atoms with E-state index in [0.717, 1.165) is 55.1 Å². The van der Waals surface area contributed by atoms with E-state index in [4.69, 9.17) is 14.2 Å². The second kappa shape index (κ2) is 9.28. The van der Waals surface area contributed by atoms with Crippen LogP contribution in [0, 0.1) is 0 Å². The standard InChI is InChI=1S/C24H28N4O4/c1-30-23-5-3-19-24(27-23)18(6-9-25-19)20(29)14-28-10-7-17(8-11-28)26-13-16-2-4-21-22(12-16)32-15-31-21/h2-6,9,12,17,20,26,29H,7-8,10-11,13-15H2,1H3/t20-/m0/s1. The summed E-state index contributed by atoms with van der Waals surface area (Å²) in [5, 5.41) is 14.6. The number of nitrogens with one attached hydrogen (secondary N) is 1. The molecule has 1 atom stereocenters. The lowest BCUT2D eigenvalue weighted by Gasteiger charge is -2.33. The summed E-state index contributed by atoms with van der Waals surface area (Å²) in [7, 11) is 1.59. The Kier molecular flexibility index (Phi) is 6.07. The summed E-state index contributed by atoms with van der Waals surface area (Å²) in [4.78, 5) is 11.2. The van der Waals surface area contributed by atoms with E-state index in [2.05, 4.69) is 26.3 Å². The van der Waals surface area contributed by atoms with Gasteiger partial charge in [0.15, 0.2) is 11.5 Å². The van der Waals surface area contributed by atoms with E-state index in [-0.39, 0.29) is 0 Å². The number of methoxy groups -OCH3 is 1. The zero-order chi connectivity index (χ0) is 21.9. The minimum atomic E-state index is -0.627. The second-order valence-corrected chi connectivity index (χ2v) is 8.28. The number of aliphatic hydroxyl groups is 1. The monoisotopic (exact) mass is 436 g/mol. The molecule has 0 saturated carbocycles. The van der Waals surface area contributed by atoms with Crippen molar-refractivity contribution in [3.63, 3.8) is 0 Å². The van der Waals surface area contributed by atoms with Crippen LogP contribution in [0.1, 0.15) is 30.1 Å². The first-order valence-corrected chi connectivity index (χ1v) is 11.0. The third-order valence-corrected chi connectivity index (χ3v) is 6.21. The van der Waals surface area contributed by atoms with Gasteiger partial charge < -0.3 is 29.5 Å². The van der Waals surface area contributed by atoms with Crippen LogP contribution in [-0.2, 0) is 6.54 Å². The van der Waals surface area contributed by atoms with Crippen LogP contribution in [0.25, 0.3) is 11.0 Å². The number of pyridine rings is 2. The Morgan fingerprint density at radius 2 is 2.00 bits per heavy atom. The topological polar surface area (TPSA) is 89.0 Å². The lowest BCUT2D eigenvalue weighted by atomic mass is 10.0. The molecule has 0 spiro atoms. The van der Waals surface area contributed by atoms with Crippen LogP contribution in [0.4, 0.5) is 0 Å². The van der Waals surface area contributed by atoms with Gasteiger partial charge >= 0.3 is 0 Å². The van der Waals surface area contributed by atoms with Gasteiger partial charge in [-0.05, 0) is 55.8 Å². The van der Waals surface area contributed by atoms with Crippen molar-refractivity contribution < 1.29 is 19.3 Å². The highest BCUT2D eigenvalue weighted by Crippen LogP contribution is 2.32. The number of hydrogen-bond donors (Lipinski definition) is 2. The minimum Gasteiger partial charge on any atom is -0.481 e. The Labute approximate surface area is 187 Å². The summed E-state index contributed by atoms with van der Waals surface area (Å²) < 4.78 is 16.1. The van der Waals surface area contributed by atoms with E-state index in [1.165, 1.54) is 5.56 Å². The maximum atomic E-state index is 10.9. The third kappa shape index (κ3) is 4.48. The van der Waals surface area contributed by atoms with Gasteiger partial charge in [0.25, 0.3) is 0 Å². The summed E-state index contributed by atoms with van der Waals surface area (Å²) in [5.74, 6) is 2.16. The van der Waals surface area contributed by atoms with Crippen molar-refractivity contribution in [3.05, 3.63) is 53.7 Å². The fourth-order valence-electron chi connectivity index (χ4n) is 4.39. The second-order valence-electron chi connectivity index (χ2n) is 8.28. The van der Waals surface area contributed by atoms with Gasteiger partial charge in [-0.25, -0.2) is 4.98 Å². The van der Waals surface area contributed by atoms with Gasteiger partial charge in [0.05, 0.1) is 24.2 Å². The molecule has 168 valence electrons. The van der Waals surface area contributed by atoms with Gasteiger partial charge in [-0.15, -0.1) is 0 Å². The van der Waals surface area contributed by atoms with Crippen LogP contribution in [0.2, 0.25) is 0 Å². The minimum absolute atomic E-state index is 0.301. The molecule has 0 aliphatic carbocycles. The Balaban J connectivity index is 1.14. The number of piperidine rings is 1. The van der Waals surface area contributed by atoms with Crippen molar-refractivity contribution in [2.45, 2.75) is 31.5 Å². The van der Waals surface area contributed by atoms with E-state index < -0.39 is 6.10 Å². The van der Waals surface area contributed by atoms with Crippen LogP contribution in [-0.4, -0.2) is 59.6 Å². The Hall–Kier alpha value is -2.94. The van der Waals surface area contributed by atoms with E-state index in [1.54, 1.807) is 19.4 Å². The zero-order valence-electron chi connectivity index (χ0n) is 18.2. The lowest BCUT2D eigenvalue weighted by molar-refractivity contribution is 0.0947. The van der Waals surface area contributed by atoms with Crippen molar-refractivity contribution in [1.29, 1.82) is 0 Å². The molecular formula is C24H28N4O4. The molecule has 0 bridgehead atoms. The molecule has 1 fully saturated rings. The number of nitrogens with zero attached hydrogens (tertiary/aromatic N) is 3. The third-order valence-electron chi connectivity index (χ3n) is 6.21. The van der Waals surface area contributed by atoms with Crippen LogP contribution in [0.3, 0.4) is 0 Å². The molecule has 2 N–H and O–H groups in total. The van der Waals surface area contributed by atoms with Crippen molar-refractivity contribution in [3.8, 4) is 17.4 Å². The molecule has 4 heterocycles. The number of benzene rings is 1. The van der Waals surface area contributed by atoms with Crippen molar-refractivity contribution in [2.24, 2.45) is 0 Å². The van der Waals surface area contributed by atoms with E-state index >= 15 is 0 Å². The maximum absolute atomic E-state index is 10.9. The molecule has 8 nitrogen and oxygen atoms in total. The molecule has 2 aliphatic rings. The number of ether oxygens (including phenoxy) is 3. The molecule has 32 heavy (non-hydrogen) atoms. The molecule has 2 aromatic heterocycles. The molecule has 1 aromatic carbocycles. The van der Waals surface area contributed by atoms with E-state index in [9.17, 15) is 5.11 Å². The largest absolute Gasteiger partial charge is 0.481 e. The highest BCUT2D eigenvalue weighted by atomic mass is 16.7. The number of rotatable bonds is 7. The fourth-order valence-corrected chi connectivity index (χ4v) is 4.39. The molecular weight excluding hydrogens is 408 g/mol. The molecule has 0 radical (unpaired) electrons. The summed E-state index contributed by atoms with van der Waals surface area (Å²) in [5.41, 5.74) is 3.44. The first-order valence-electron chi connectivity index (χ1n) is 11.0. The van der Waals surface area contributed by atoms with Crippen LogP contribution in [0.15, 0.2) is 42.6 Å². The van der Waals surface area contributed by atoms with Gasteiger partial charge in [-0.2, -0.15) is 0 Å². The van der Waals surface area contributed by atoms with Crippen molar-refractivity contribution in [2.75, 3.05) is 33.5 Å². The number of hydrogen-bond acceptors (Lipinski definition) is 8. The fraction of sp³-hybridized carbons (Fsp3) is 0.417. The average Bonchev–Trinajstić information content (AvgIpc) is 3.31. The molecule has 0 unspecified atom stereocenters. The number of aliphatic hydroxyl groups excluding tert-OH is 1. The molecule has 5 rings (SSSR count). The van der Waals surface area contributed by atoms with Crippen molar-refractivity contribution in [1.82, 2.24) is 20.2 Å². The number of likely N-dealkylation sites (tertiary alicyclic amines) is 1. The first kappa shape index (κ1) is 20.9. The molecule has 0 amide bonds. The first-order chi connectivity index (χ1) is 15.7. The Morgan fingerprint density at radius 3 is 2.84 bits per heavy atom. The zero-order valence-corrected chi connectivity index (χ0v) is 18.2. The van der Waals surface area contributed by atoms with Gasteiger partial charge in [-0.3, -0.25) is 4.98 Å². The summed E-state index contributed by atoms with van der Waals surface area (Å²) >= 11 is 0. The Bertz CT molecular complexity index is 1080. The van der Waals surface area contributed by atoms with Gasteiger partial charge in [-0.1, -0.05) is 6.07 Å². The van der Waals surface area contributed by atoms with Crippen LogP contribution >= 0.6 is 0 Å². The quantitative estimate of drug-likeness (QED) is 0.584. The Morgan fingerprint density at radius 1 is 1.16 bits per heavy atom. The molecule has 3 aromatic rings. The van der Waals surface area contributed by atoms with Crippen LogP contribution in [0.5, 0.6) is 17.4 Å². The molecule has 1 saturated heterocycles. The maximum Gasteiger partial charge on any atom is 0.231 e. The smallest absolute Gasteiger partial charge is 0.231 e. The summed E-state index contributed by atoms with van der Waals surface area (Å²) in [6.07, 6.45) is 3.18. The summed E-state index contributed by atoms with van der Waals surface area (Å²) in [6.45, 7) is 3.56. The van der Waals surface area contributed by atoms with Crippen molar-refractivity contribution >= 4 is 11.0 Å². The predicted molar refractivity (Wildman–Crippen MR) is 120 cm³/mol. The normalized spacial score (nSPS) is 17.6. The van der Waals surface area contributed by atoms with E-state index in [0.29, 0.717) is 30.8 Å². The average molecular weight is 437 g/mol. The molecule has 2 aliphatic heterocycles. The lowest BCUT2D eigenvalue weighted by Crippen LogP contribution is -2.43. The predicted octanol–water partition coefficient (Wildman–Crippen LogP) is 2.65. The molecule has 8 heteroatoms. The number of fused-ring (bicyclic) bond motifs is 2. The SMILES string of the molecule is COc1ccc2nccc([C@@H](O)CN3CCC(NCc4ccc5c(c4)OCO5)CC3)c2n1. The number of aromatic nitrogens is 2. The summed E-state index contributed by atoms with van der Waals surface area (Å²) in [6, 6.07) is 12.1. The van der Waals surface area contributed by atoms with Gasteiger partial charge in [0.1, 0.15) is 0 Å². The van der Waals surface area contributed by atoms with E-state index in [1.807, 2.05) is 24.3 Å². The number of β-amino-alcohol motifs (C(OH)–C–C–N with tert-alkyl or cyclic N) is 1. The highest BCUT2D eigenvalue weighted by molar-refractivity contribution is 5.78. The van der Waals surface area contributed by atoms with Crippen LogP contribution < -0.4 is 19.5 Å². The van der Waals surface area contributed by atoms with Gasteiger partial charge in [0, 0.05) is 37.0 Å².